The Morgan fingerprint density at radius 3 is 2.90 bits per heavy atom. The van der Waals surface area contributed by atoms with Crippen LogP contribution in [-0.2, 0) is 18.6 Å². The van der Waals surface area contributed by atoms with Gasteiger partial charge in [0.1, 0.15) is 42.0 Å². The van der Waals surface area contributed by atoms with Gasteiger partial charge in [0.2, 0.25) is 5.91 Å². The summed E-state index contributed by atoms with van der Waals surface area (Å²) < 4.78 is 22.9. The molecule has 0 saturated carbocycles. The first-order chi connectivity index (χ1) is 18.7. The molecule has 5 rings (SSSR count). The van der Waals surface area contributed by atoms with Gasteiger partial charge < -0.3 is 45.5 Å². The fourth-order valence-corrected chi connectivity index (χ4v) is 4.52. The van der Waals surface area contributed by atoms with Crippen molar-refractivity contribution >= 4 is 53.6 Å². The summed E-state index contributed by atoms with van der Waals surface area (Å²) in [5.74, 6) is 0.392. The van der Waals surface area contributed by atoms with Crippen molar-refractivity contribution in [3.05, 3.63) is 36.8 Å². The van der Waals surface area contributed by atoms with Crippen LogP contribution in [0.3, 0.4) is 0 Å². The lowest BCUT2D eigenvalue weighted by molar-refractivity contribution is -0.116. The number of amides is 1. The van der Waals surface area contributed by atoms with Crippen LogP contribution in [0.2, 0.25) is 0 Å². The highest BCUT2D eigenvalue weighted by Crippen LogP contribution is 2.39. The molecule has 1 amide bonds. The highest BCUT2D eigenvalue weighted by molar-refractivity contribution is 7.46. The number of nitrogens with two attached hydrogens (primary N) is 1. The number of H-pyrrole nitrogens is 1. The van der Waals surface area contributed by atoms with Gasteiger partial charge in [0.15, 0.2) is 11.5 Å². The Bertz CT molecular complexity index is 1570. The molecule has 0 unspecified atom stereocenters. The summed E-state index contributed by atoms with van der Waals surface area (Å²) in [6.45, 7) is 0.213. The topological polar surface area (TPSA) is 249 Å². The molecule has 0 bridgehead atoms. The average molecular weight is 560 g/mol. The Hall–Kier alpha value is -3.99. The van der Waals surface area contributed by atoms with Crippen molar-refractivity contribution < 1.29 is 33.5 Å². The predicted molar refractivity (Wildman–Crippen MR) is 137 cm³/mol. The fraction of sp³-hybridized carbons (Fsp3) is 0.333. The molecule has 3 atom stereocenters. The number of carbonyl (C=O) groups is 1. The van der Waals surface area contributed by atoms with Crippen LogP contribution >= 0.6 is 7.82 Å². The second-order valence-electron chi connectivity index (χ2n) is 8.54. The molecule has 1 aliphatic heterocycles. The maximum absolute atomic E-state index is 12.4. The minimum Gasteiger partial charge on any atom is -0.390 e. The van der Waals surface area contributed by atoms with E-state index >= 15 is 0 Å². The number of phosphoric ester groups is 1. The van der Waals surface area contributed by atoms with Gasteiger partial charge in [-0.3, -0.25) is 9.32 Å². The minimum absolute atomic E-state index is 0.108. The smallest absolute Gasteiger partial charge is 0.390 e. The predicted octanol–water partition coefficient (Wildman–Crippen LogP) is -0.321. The van der Waals surface area contributed by atoms with Gasteiger partial charge in [-0.15, -0.1) is 0 Å². The Balaban J connectivity index is 1.24. The highest BCUT2D eigenvalue weighted by atomic mass is 31.2. The van der Waals surface area contributed by atoms with E-state index in [4.69, 9.17) is 20.3 Å². The Morgan fingerprint density at radius 2 is 2.08 bits per heavy atom. The number of aromatic amines is 1. The Morgan fingerprint density at radius 1 is 1.26 bits per heavy atom. The second kappa shape index (κ2) is 11.0. The van der Waals surface area contributed by atoms with E-state index in [2.05, 4.69) is 45.1 Å². The molecule has 0 aliphatic carbocycles. The molecule has 0 spiro atoms. The number of hydrogen-bond acceptors (Lipinski definition) is 12. The van der Waals surface area contributed by atoms with Crippen molar-refractivity contribution in [2.24, 2.45) is 0 Å². The Labute approximate surface area is 219 Å². The van der Waals surface area contributed by atoms with Crippen LogP contribution in [-0.4, -0.2) is 87.2 Å². The number of anilines is 2. The van der Waals surface area contributed by atoms with Gasteiger partial charge in [-0.2, -0.15) is 0 Å². The van der Waals surface area contributed by atoms with Crippen molar-refractivity contribution in [1.82, 2.24) is 39.8 Å². The van der Waals surface area contributed by atoms with Gasteiger partial charge in [0.05, 0.1) is 24.4 Å². The number of aliphatic hydroxyl groups is 1. The molecule has 4 aromatic heterocycles. The number of fused-ring (bicyclic) bond motifs is 2. The summed E-state index contributed by atoms with van der Waals surface area (Å²) in [6.07, 6.45) is 6.10. The SMILES string of the molecule is Nc1ncnc2c1c(/C=C/C(=O)NCCNc1ncnc3nc[nH]c13)cn2[C@H]1C[C@H](O)[C@@H](COP(=O)(O)O)O1. The van der Waals surface area contributed by atoms with E-state index in [1.165, 1.54) is 25.1 Å². The van der Waals surface area contributed by atoms with Gasteiger partial charge in [-0.05, 0) is 6.08 Å². The molecule has 206 valence electrons. The van der Waals surface area contributed by atoms with Crippen molar-refractivity contribution in [1.29, 1.82) is 0 Å². The van der Waals surface area contributed by atoms with Gasteiger partial charge in [-0.25, -0.2) is 29.5 Å². The van der Waals surface area contributed by atoms with Crippen molar-refractivity contribution in [2.45, 2.75) is 24.9 Å². The first-order valence-electron chi connectivity index (χ1n) is 11.7. The number of nitrogen functional groups attached to an aromatic ring is 1. The summed E-state index contributed by atoms with van der Waals surface area (Å²) >= 11 is 0. The quantitative estimate of drug-likeness (QED) is 0.0746. The van der Waals surface area contributed by atoms with Crippen LogP contribution in [0.25, 0.3) is 28.3 Å². The standard InChI is InChI=1S/C21H25N10O7P/c22-18-16-11(1-2-14(33)23-3-4-24-19-17-20(27-8-25-17)29-10-28-19)6-31(21(16)30-9-26-18)15-5-12(32)13(38-15)7-37-39(34,35)36/h1-2,6,8-10,12-13,15,32H,3-5,7H2,(H,23,33)(H2,22,26,30)(H2,34,35,36)(H2,24,25,27,28,29)/b2-1+/t12-,13+,15+/m0/s1. The van der Waals surface area contributed by atoms with E-state index < -0.39 is 32.9 Å². The summed E-state index contributed by atoms with van der Waals surface area (Å²) in [5.41, 5.74) is 8.22. The monoisotopic (exact) mass is 560 g/mol. The van der Waals surface area contributed by atoms with Crippen molar-refractivity contribution in [2.75, 3.05) is 30.7 Å². The molecule has 5 heterocycles. The van der Waals surface area contributed by atoms with Crippen LogP contribution in [0.5, 0.6) is 0 Å². The first-order valence-corrected chi connectivity index (χ1v) is 13.2. The number of imidazole rings is 1. The van der Waals surface area contributed by atoms with Crippen LogP contribution in [0.4, 0.5) is 11.6 Å². The number of nitrogens with zero attached hydrogens (tertiary/aromatic N) is 6. The minimum atomic E-state index is -4.73. The second-order valence-corrected chi connectivity index (χ2v) is 9.78. The zero-order chi connectivity index (χ0) is 27.6. The molecule has 0 aromatic carbocycles. The fourth-order valence-electron chi connectivity index (χ4n) is 4.18. The molecule has 0 radical (unpaired) electrons. The molecular weight excluding hydrogens is 535 g/mol. The van der Waals surface area contributed by atoms with E-state index in [0.29, 0.717) is 46.7 Å². The third kappa shape index (κ3) is 6.03. The maximum atomic E-state index is 12.4. The average Bonchev–Trinajstić information content (AvgIpc) is 3.61. The summed E-state index contributed by atoms with van der Waals surface area (Å²) in [6, 6.07) is 0. The van der Waals surface area contributed by atoms with Crippen LogP contribution in [0.15, 0.2) is 31.3 Å². The van der Waals surface area contributed by atoms with Gasteiger partial charge in [-0.1, -0.05) is 0 Å². The van der Waals surface area contributed by atoms with Crippen LogP contribution in [0, 0.1) is 0 Å². The van der Waals surface area contributed by atoms with E-state index in [1.807, 2.05) is 0 Å². The maximum Gasteiger partial charge on any atom is 0.469 e. The van der Waals surface area contributed by atoms with E-state index in [9.17, 15) is 14.5 Å². The number of phosphoric acid groups is 1. The number of aliphatic hydroxyl groups excluding tert-OH is 1. The lowest BCUT2D eigenvalue weighted by Crippen LogP contribution is -2.27. The molecule has 8 N–H and O–H groups in total. The molecule has 1 aliphatic rings. The van der Waals surface area contributed by atoms with Crippen LogP contribution < -0.4 is 16.4 Å². The van der Waals surface area contributed by atoms with E-state index in [1.54, 1.807) is 16.8 Å². The lowest BCUT2D eigenvalue weighted by Gasteiger charge is -2.16. The Kier molecular flexibility index (Phi) is 7.51. The molecule has 18 heteroatoms. The molecular formula is C21H25N10O7P. The first kappa shape index (κ1) is 26.6. The summed E-state index contributed by atoms with van der Waals surface area (Å²) in [4.78, 5) is 53.9. The number of carbonyl (C=O) groups excluding carboxylic acids is 1. The molecule has 1 fully saturated rings. The molecule has 1 saturated heterocycles. The summed E-state index contributed by atoms with van der Waals surface area (Å²) in [7, 11) is -4.73. The molecule has 4 aromatic rings. The molecule has 39 heavy (non-hydrogen) atoms. The number of hydrogen-bond donors (Lipinski definition) is 7. The number of rotatable bonds is 10. The highest BCUT2D eigenvalue weighted by Gasteiger charge is 2.37. The van der Waals surface area contributed by atoms with Gasteiger partial charge in [0.25, 0.3) is 0 Å². The number of nitrogens with one attached hydrogen (secondary N) is 3. The van der Waals surface area contributed by atoms with Gasteiger partial charge >= 0.3 is 7.82 Å². The summed E-state index contributed by atoms with van der Waals surface area (Å²) in [5, 5.41) is 16.7. The van der Waals surface area contributed by atoms with Crippen molar-refractivity contribution in [3.63, 3.8) is 0 Å². The normalized spacial score (nSPS) is 19.8. The van der Waals surface area contributed by atoms with Gasteiger partial charge in [0, 0.05) is 37.3 Å². The molecule has 17 nitrogen and oxygen atoms in total. The largest absolute Gasteiger partial charge is 0.469 e. The lowest BCUT2D eigenvalue weighted by atomic mass is 10.2. The number of ether oxygens (including phenoxy) is 1. The third-order valence-corrected chi connectivity index (χ3v) is 6.43. The zero-order valence-corrected chi connectivity index (χ0v) is 21.1. The number of aromatic nitrogens is 7. The zero-order valence-electron chi connectivity index (χ0n) is 20.2. The van der Waals surface area contributed by atoms with E-state index in [0.717, 1.165) is 0 Å². The van der Waals surface area contributed by atoms with Crippen LogP contribution in [0.1, 0.15) is 18.2 Å². The third-order valence-electron chi connectivity index (χ3n) is 5.94. The van der Waals surface area contributed by atoms with E-state index in [-0.39, 0.29) is 18.1 Å². The van der Waals surface area contributed by atoms with Crippen molar-refractivity contribution in [3.8, 4) is 0 Å².